The van der Waals surface area contributed by atoms with E-state index in [9.17, 15) is 26.9 Å². The van der Waals surface area contributed by atoms with Gasteiger partial charge in [-0.25, -0.2) is 4.39 Å². The highest BCUT2D eigenvalue weighted by atomic mass is 32.2. The van der Waals surface area contributed by atoms with E-state index >= 15 is 0 Å². The van der Waals surface area contributed by atoms with Gasteiger partial charge in [0.05, 0.1) is 5.56 Å². The van der Waals surface area contributed by atoms with E-state index < -0.39 is 44.9 Å². The van der Waals surface area contributed by atoms with Crippen LogP contribution in [0.2, 0.25) is 0 Å². The zero-order chi connectivity index (χ0) is 26.3. The number of hydrogen-bond donors (Lipinski definition) is 3. The summed E-state index contributed by atoms with van der Waals surface area (Å²) in [4.78, 5) is 20.3. The Labute approximate surface area is 207 Å². The van der Waals surface area contributed by atoms with Crippen molar-refractivity contribution in [3.63, 3.8) is 0 Å². The van der Waals surface area contributed by atoms with E-state index in [4.69, 9.17) is 5.41 Å². The molecular weight excluding hydrogens is 498 g/mol. The largest absolute Gasteiger partial charge is 0.615 e. The highest BCUT2D eigenvalue weighted by molar-refractivity contribution is 7.93. The van der Waals surface area contributed by atoms with Crippen molar-refractivity contribution in [1.82, 2.24) is 15.3 Å². The maximum absolute atomic E-state index is 14.9. The third-order valence-electron chi connectivity index (χ3n) is 6.05. The molecule has 3 N–H and O–H groups in total. The quantitative estimate of drug-likeness (QED) is 0.350. The van der Waals surface area contributed by atoms with Crippen molar-refractivity contribution < 1.29 is 26.9 Å². The van der Waals surface area contributed by atoms with E-state index in [0.29, 0.717) is 11.9 Å². The Balaban J connectivity index is 1.58. The van der Waals surface area contributed by atoms with Gasteiger partial charge in [0.15, 0.2) is 5.84 Å². The Hall–Kier alpha value is -3.51. The molecule has 1 unspecified atom stereocenters. The number of pyridine rings is 2. The van der Waals surface area contributed by atoms with E-state index in [-0.39, 0.29) is 28.5 Å². The molecule has 12 heteroatoms. The molecule has 0 bridgehead atoms. The number of alkyl halides is 3. The summed E-state index contributed by atoms with van der Waals surface area (Å²) in [6.45, 7) is 3.23. The van der Waals surface area contributed by atoms with Crippen LogP contribution in [0.1, 0.15) is 41.2 Å². The Morgan fingerprint density at radius 2 is 1.92 bits per heavy atom. The van der Waals surface area contributed by atoms with Crippen molar-refractivity contribution in [1.29, 1.82) is 5.41 Å². The van der Waals surface area contributed by atoms with Crippen LogP contribution in [0.4, 0.5) is 23.2 Å². The molecule has 4 rings (SSSR count). The number of nitrogens with one attached hydrogen (secondary N) is 3. The fraction of sp³-hybridized carbons (Fsp3) is 0.250. The predicted molar refractivity (Wildman–Crippen MR) is 126 cm³/mol. The Bertz CT molecular complexity index is 1310. The van der Waals surface area contributed by atoms with Crippen molar-refractivity contribution in [3.8, 4) is 0 Å². The van der Waals surface area contributed by atoms with Crippen LogP contribution in [0.15, 0.2) is 60.9 Å². The molecule has 2 aromatic heterocycles. The number of hydrogen-bond acceptors (Lipinski definition) is 5. The summed E-state index contributed by atoms with van der Waals surface area (Å²) in [6, 6.07) is 10.5. The summed E-state index contributed by atoms with van der Waals surface area (Å²) in [6.07, 6.45) is -2.50. The van der Waals surface area contributed by atoms with Gasteiger partial charge in [0.1, 0.15) is 28.5 Å². The standard InChI is InChI=1S/C24H21F4N5O2S/c1-22(13-36(35)23(2,21(29)33-22)19-5-3-4-10-30-19)16-11-15(7-8-17(16)25)32-20(34)18-9-6-14(12-31-18)24(26,27)28/h3-12H,13H2,1-2H3,(H2,29,33)(H,32,34)/t22-,23+,36?/m0/s1. The normalized spacial score (nSPS) is 24.2. The van der Waals surface area contributed by atoms with Crippen LogP contribution in [0, 0.1) is 11.2 Å². The number of benzene rings is 1. The van der Waals surface area contributed by atoms with Gasteiger partial charge in [0, 0.05) is 23.6 Å². The first-order valence-electron chi connectivity index (χ1n) is 10.7. The molecule has 1 fully saturated rings. The van der Waals surface area contributed by atoms with E-state index in [2.05, 4.69) is 20.6 Å². The average molecular weight is 520 g/mol. The van der Waals surface area contributed by atoms with Crippen molar-refractivity contribution in [2.45, 2.75) is 30.3 Å². The number of rotatable bonds is 4. The summed E-state index contributed by atoms with van der Waals surface area (Å²) >= 11 is -1.67. The van der Waals surface area contributed by atoms with Crippen LogP contribution in [0.25, 0.3) is 0 Å². The first-order chi connectivity index (χ1) is 16.8. The van der Waals surface area contributed by atoms with Crippen LogP contribution in [-0.2, 0) is 27.6 Å². The minimum Gasteiger partial charge on any atom is -0.615 e. The van der Waals surface area contributed by atoms with E-state index in [1.807, 2.05) is 0 Å². The van der Waals surface area contributed by atoms with E-state index in [1.165, 1.54) is 18.3 Å². The molecule has 188 valence electrons. The summed E-state index contributed by atoms with van der Waals surface area (Å²) in [5, 5.41) is 14.1. The summed E-state index contributed by atoms with van der Waals surface area (Å²) in [5.74, 6) is -1.60. The van der Waals surface area contributed by atoms with Crippen molar-refractivity contribution in [2.24, 2.45) is 0 Å². The third kappa shape index (κ3) is 4.65. The maximum Gasteiger partial charge on any atom is 0.417 e. The average Bonchev–Trinajstić information content (AvgIpc) is 2.83. The Morgan fingerprint density at radius 1 is 1.17 bits per heavy atom. The zero-order valence-corrected chi connectivity index (χ0v) is 19.9. The van der Waals surface area contributed by atoms with Crippen LogP contribution in [0.3, 0.4) is 0 Å². The van der Waals surface area contributed by atoms with Crippen LogP contribution >= 0.6 is 0 Å². The van der Waals surface area contributed by atoms with Gasteiger partial charge in [-0.2, -0.15) is 13.2 Å². The van der Waals surface area contributed by atoms with Crippen LogP contribution in [-0.4, -0.2) is 32.0 Å². The second-order valence-electron chi connectivity index (χ2n) is 8.65. The molecule has 0 aliphatic carbocycles. The fourth-order valence-electron chi connectivity index (χ4n) is 3.90. The minimum atomic E-state index is -4.59. The van der Waals surface area contributed by atoms with Crippen LogP contribution in [0.5, 0.6) is 0 Å². The molecule has 0 spiro atoms. The summed E-state index contributed by atoms with van der Waals surface area (Å²) in [5.41, 5.74) is -1.86. The Kier molecular flexibility index (Phi) is 6.52. The molecule has 3 aromatic rings. The lowest BCUT2D eigenvalue weighted by Crippen LogP contribution is -2.63. The SMILES string of the molecule is C[C@@]1(c2ccccn2)C(=N)N[C@](C)(c2cc(NC(=O)c3ccc(C(F)(F)F)cn3)ccc2F)C[S+]1[O-]. The minimum absolute atomic E-state index is 0.0573. The monoisotopic (exact) mass is 519 g/mol. The molecule has 3 heterocycles. The molecule has 1 aromatic carbocycles. The van der Waals surface area contributed by atoms with E-state index in [1.54, 1.807) is 32.0 Å². The van der Waals surface area contributed by atoms with Gasteiger partial charge < -0.3 is 15.2 Å². The first kappa shape index (κ1) is 25.6. The number of amidine groups is 1. The van der Waals surface area contributed by atoms with Gasteiger partial charge >= 0.3 is 6.18 Å². The van der Waals surface area contributed by atoms with Gasteiger partial charge in [-0.1, -0.05) is 6.07 Å². The molecule has 0 radical (unpaired) electrons. The highest BCUT2D eigenvalue weighted by Crippen LogP contribution is 2.40. The molecule has 1 aliphatic rings. The van der Waals surface area contributed by atoms with Crippen LogP contribution < -0.4 is 10.6 Å². The summed E-state index contributed by atoms with van der Waals surface area (Å²) in [7, 11) is 0. The van der Waals surface area contributed by atoms with Gasteiger partial charge in [-0.3, -0.25) is 20.2 Å². The molecule has 36 heavy (non-hydrogen) atoms. The zero-order valence-electron chi connectivity index (χ0n) is 19.1. The van der Waals surface area contributed by atoms with Gasteiger partial charge in [-0.05, 0) is 67.5 Å². The number of amides is 1. The number of nitrogens with zero attached hydrogens (tertiary/aromatic N) is 2. The Morgan fingerprint density at radius 3 is 2.50 bits per heavy atom. The second kappa shape index (κ2) is 9.17. The lowest BCUT2D eigenvalue weighted by molar-refractivity contribution is -0.137. The van der Waals surface area contributed by atoms with Crippen molar-refractivity contribution >= 4 is 28.6 Å². The molecular formula is C24H21F4N5O2S. The van der Waals surface area contributed by atoms with Crippen molar-refractivity contribution in [2.75, 3.05) is 11.1 Å². The van der Waals surface area contributed by atoms with Gasteiger partial charge in [0.25, 0.3) is 5.91 Å². The van der Waals surface area contributed by atoms with Crippen molar-refractivity contribution in [3.05, 3.63) is 89.3 Å². The molecule has 1 aliphatic heterocycles. The number of carbonyl (C=O) groups is 1. The second-order valence-corrected chi connectivity index (χ2v) is 10.4. The number of halogens is 4. The summed E-state index contributed by atoms with van der Waals surface area (Å²) < 4.78 is 65.3. The number of anilines is 1. The van der Waals surface area contributed by atoms with Gasteiger partial charge in [0.2, 0.25) is 4.75 Å². The topological polar surface area (TPSA) is 114 Å². The highest BCUT2D eigenvalue weighted by Gasteiger charge is 2.55. The lowest BCUT2D eigenvalue weighted by atomic mass is 9.90. The smallest absolute Gasteiger partial charge is 0.417 e. The molecule has 1 amide bonds. The lowest BCUT2D eigenvalue weighted by Gasteiger charge is -2.45. The maximum atomic E-state index is 14.9. The molecule has 1 saturated heterocycles. The fourth-order valence-corrected chi connectivity index (χ4v) is 5.58. The van der Waals surface area contributed by atoms with Gasteiger partial charge in [-0.15, -0.1) is 0 Å². The molecule has 0 saturated carbocycles. The first-order valence-corrected chi connectivity index (χ1v) is 12.0. The third-order valence-corrected chi connectivity index (χ3v) is 8.21. The predicted octanol–water partition coefficient (Wildman–Crippen LogP) is 4.35. The number of carbonyl (C=O) groups excluding carboxylic acids is 1. The number of aromatic nitrogens is 2. The molecule has 7 nitrogen and oxygen atoms in total. The van der Waals surface area contributed by atoms with E-state index in [0.717, 1.165) is 18.2 Å². The molecule has 3 atom stereocenters.